The number of benzene rings is 2. The molecule has 3 aromatic rings. The molecule has 0 aliphatic carbocycles. The minimum Gasteiger partial charge on any atom is -0.486 e. The smallest absolute Gasteiger partial charge is 0.416 e. The third-order valence-corrected chi connectivity index (χ3v) is 5.29. The number of rotatable bonds is 9. The predicted molar refractivity (Wildman–Crippen MR) is 122 cm³/mol. The van der Waals surface area contributed by atoms with Gasteiger partial charge in [-0.2, -0.15) is 13.2 Å². The molecule has 180 valence electrons. The van der Waals surface area contributed by atoms with Crippen LogP contribution in [-0.2, 0) is 11.0 Å². The Bertz CT molecular complexity index is 1160. The highest BCUT2D eigenvalue weighted by Crippen LogP contribution is 2.34. The van der Waals surface area contributed by atoms with Gasteiger partial charge < -0.3 is 14.6 Å². The Morgan fingerprint density at radius 1 is 1.09 bits per heavy atom. The summed E-state index contributed by atoms with van der Waals surface area (Å²) in [4.78, 5) is 15.3. The SMILES string of the molecule is CCCC(Oc1ccc(OCC(=O)O)c(C)c1)c1ccc(-c2cccc(C(F)(F)F)c2)nc1C. The number of nitrogens with zero attached hydrogens (tertiary/aromatic N) is 1. The number of carbonyl (C=O) groups is 1. The van der Waals surface area contributed by atoms with Gasteiger partial charge in [-0.25, -0.2) is 4.79 Å². The first-order chi connectivity index (χ1) is 16.1. The maximum atomic E-state index is 13.1. The summed E-state index contributed by atoms with van der Waals surface area (Å²) in [5, 5.41) is 8.79. The third-order valence-electron chi connectivity index (χ3n) is 5.29. The molecule has 1 heterocycles. The van der Waals surface area contributed by atoms with Gasteiger partial charge in [0, 0.05) is 16.8 Å². The Morgan fingerprint density at radius 2 is 1.85 bits per heavy atom. The van der Waals surface area contributed by atoms with Gasteiger partial charge in [0.25, 0.3) is 0 Å². The van der Waals surface area contributed by atoms with Crippen LogP contribution in [-0.4, -0.2) is 22.7 Å². The Balaban J connectivity index is 1.84. The Morgan fingerprint density at radius 3 is 2.47 bits per heavy atom. The van der Waals surface area contributed by atoms with Crippen LogP contribution in [0.25, 0.3) is 11.3 Å². The van der Waals surface area contributed by atoms with Crippen molar-refractivity contribution in [1.29, 1.82) is 0 Å². The van der Waals surface area contributed by atoms with E-state index in [1.165, 1.54) is 6.07 Å². The average Bonchev–Trinajstić information content (AvgIpc) is 2.77. The molecular weight excluding hydrogens is 447 g/mol. The number of aromatic nitrogens is 1. The molecule has 34 heavy (non-hydrogen) atoms. The van der Waals surface area contributed by atoms with Crippen molar-refractivity contribution in [1.82, 2.24) is 4.98 Å². The molecule has 0 amide bonds. The molecule has 0 aliphatic rings. The monoisotopic (exact) mass is 473 g/mol. The van der Waals surface area contributed by atoms with Gasteiger partial charge in [0.05, 0.1) is 11.3 Å². The maximum Gasteiger partial charge on any atom is 0.416 e. The van der Waals surface area contributed by atoms with Crippen molar-refractivity contribution in [2.24, 2.45) is 0 Å². The summed E-state index contributed by atoms with van der Waals surface area (Å²) in [6.07, 6.45) is -3.17. The molecule has 0 saturated heterocycles. The molecule has 1 unspecified atom stereocenters. The lowest BCUT2D eigenvalue weighted by molar-refractivity contribution is -0.139. The van der Waals surface area contributed by atoms with Gasteiger partial charge >= 0.3 is 12.1 Å². The fourth-order valence-corrected chi connectivity index (χ4v) is 3.63. The van der Waals surface area contributed by atoms with Crippen LogP contribution in [0, 0.1) is 13.8 Å². The lowest BCUT2D eigenvalue weighted by Crippen LogP contribution is -2.11. The standard InChI is InChI=1S/C26H26F3NO4/c1-4-6-24(34-20-9-12-23(16(2)13-20)33-15-25(31)32)21-10-11-22(30-17(21)3)18-7-5-8-19(14-18)26(27,28)29/h5,7-14,24H,4,6,15H2,1-3H3,(H,31,32). The first-order valence-electron chi connectivity index (χ1n) is 10.9. The second kappa shape index (κ2) is 10.6. The van der Waals surface area contributed by atoms with Crippen LogP contribution in [0.2, 0.25) is 0 Å². The first kappa shape index (κ1) is 25.1. The summed E-state index contributed by atoms with van der Waals surface area (Å²) in [5.41, 5.74) is 2.40. The molecule has 0 saturated carbocycles. The van der Waals surface area contributed by atoms with E-state index in [9.17, 15) is 18.0 Å². The summed E-state index contributed by atoms with van der Waals surface area (Å²) < 4.78 is 50.7. The fraction of sp³-hybridized carbons (Fsp3) is 0.308. The number of alkyl halides is 3. The largest absolute Gasteiger partial charge is 0.486 e. The number of hydrogen-bond donors (Lipinski definition) is 1. The Kier molecular flexibility index (Phi) is 7.81. The van der Waals surface area contributed by atoms with Crippen LogP contribution in [0.1, 0.15) is 48.3 Å². The summed E-state index contributed by atoms with van der Waals surface area (Å²) in [6, 6.07) is 13.8. The molecule has 0 spiro atoms. The zero-order chi connectivity index (χ0) is 24.9. The van der Waals surface area contributed by atoms with E-state index >= 15 is 0 Å². The van der Waals surface area contributed by atoms with Crippen molar-refractivity contribution in [2.45, 2.75) is 45.9 Å². The van der Waals surface area contributed by atoms with E-state index in [2.05, 4.69) is 4.98 Å². The summed E-state index contributed by atoms with van der Waals surface area (Å²) in [7, 11) is 0. The van der Waals surface area contributed by atoms with Gasteiger partial charge in [-0.1, -0.05) is 31.5 Å². The van der Waals surface area contributed by atoms with Gasteiger partial charge in [-0.15, -0.1) is 0 Å². The molecule has 8 heteroatoms. The second-order valence-electron chi connectivity index (χ2n) is 7.95. The number of halogens is 3. The molecule has 1 N–H and O–H groups in total. The maximum absolute atomic E-state index is 13.1. The number of ether oxygens (including phenoxy) is 2. The molecule has 0 fully saturated rings. The molecule has 0 aliphatic heterocycles. The predicted octanol–water partition coefficient (Wildman–Crippen LogP) is 6.77. The normalized spacial score (nSPS) is 12.3. The van der Waals surface area contributed by atoms with E-state index < -0.39 is 24.3 Å². The van der Waals surface area contributed by atoms with E-state index in [4.69, 9.17) is 14.6 Å². The van der Waals surface area contributed by atoms with Crippen LogP contribution in [0.3, 0.4) is 0 Å². The zero-order valence-electron chi connectivity index (χ0n) is 19.1. The van der Waals surface area contributed by atoms with Crippen molar-refractivity contribution in [2.75, 3.05) is 6.61 Å². The zero-order valence-corrected chi connectivity index (χ0v) is 19.1. The lowest BCUT2D eigenvalue weighted by atomic mass is 10.0. The highest BCUT2D eigenvalue weighted by atomic mass is 19.4. The number of pyridine rings is 1. The quantitative estimate of drug-likeness (QED) is 0.372. The van der Waals surface area contributed by atoms with Crippen LogP contribution >= 0.6 is 0 Å². The van der Waals surface area contributed by atoms with E-state index in [1.54, 1.807) is 37.3 Å². The topological polar surface area (TPSA) is 68.7 Å². The van der Waals surface area contributed by atoms with Crippen molar-refractivity contribution < 1.29 is 32.5 Å². The van der Waals surface area contributed by atoms with Crippen molar-refractivity contribution in [3.8, 4) is 22.8 Å². The minimum absolute atomic E-state index is 0.307. The van der Waals surface area contributed by atoms with Gasteiger partial charge in [-0.05, 0) is 62.2 Å². The number of aliphatic carboxylic acids is 1. The van der Waals surface area contributed by atoms with Crippen molar-refractivity contribution >= 4 is 5.97 Å². The van der Waals surface area contributed by atoms with E-state index in [1.807, 2.05) is 19.9 Å². The molecule has 1 aromatic heterocycles. The fourth-order valence-electron chi connectivity index (χ4n) is 3.63. The lowest BCUT2D eigenvalue weighted by Gasteiger charge is -2.22. The van der Waals surface area contributed by atoms with E-state index in [0.29, 0.717) is 34.9 Å². The van der Waals surface area contributed by atoms with Crippen LogP contribution in [0.5, 0.6) is 11.5 Å². The summed E-state index contributed by atoms with van der Waals surface area (Å²) >= 11 is 0. The minimum atomic E-state index is -4.42. The van der Waals surface area contributed by atoms with E-state index in [-0.39, 0.29) is 6.10 Å². The number of carboxylic acids is 1. The van der Waals surface area contributed by atoms with Gasteiger partial charge in [-0.3, -0.25) is 4.98 Å². The van der Waals surface area contributed by atoms with Crippen LogP contribution in [0.4, 0.5) is 13.2 Å². The second-order valence-corrected chi connectivity index (χ2v) is 7.95. The van der Waals surface area contributed by atoms with Gasteiger partial charge in [0.2, 0.25) is 0 Å². The summed E-state index contributed by atoms with van der Waals surface area (Å²) in [5.74, 6) is 0.00403. The molecule has 3 rings (SSSR count). The molecule has 2 aromatic carbocycles. The Labute approximate surface area is 196 Å². The number of hydrogen-bond acceptors (Lipinski definition) is 4. The highest BCUT2D eigenvalue weighted by Gasteiger charge is 2.30. The van der Waals surface area contributed by atoms with Crippen LogP contribution in [0.15, 0.2) is 54.6 Å². The van der Waals surface area contributed by atoms with Crippen LogP contribution < -0.4 is 9.47 Å². The van der Waals surface area contributed by atoms with Crippen molar-refractivity contribution in [3.05, 3.63) is 77.0 Å². The molecule has 1 atom stereocenters. The average molecular weight is 473 g/mol. The number of carboxylic acid groups (broad SMARTS) is 1. The summed E-state index contributed by atoms with van der Waals surface area (Å²) in [6.45, 7) is 5.22. The van der Waals surface area contributed by atoms with Gasteiger partial charge in [0.1, 0.15) is 17.6 Å². The molecule has 5 nitrogen and oxygen atoms in total. The molecule has 0 bridgehead atoms. The first-order valence-corrected chi connectivity index (χ1v) is 10.9. The van der Waals surface area contributed by atoms with Gasteiger partial charge in [0.15, 0.2) is 6.61 Å². The highest BCUT2D eigenvalue weighted by molar-refractivity contribution is 5.68. The van der Waals surface area contributed by atoms with Crippen molar-refractivity contribution in [3.63, 3.8) is 0 Å². The number of aryl methyl sites for hydroxylation is 2. The Hall–Kier alpha value is -3.55. The van der Waals surface area contributed by atoms with E-state index in [0.717, 1.165) is 29.7 Å². The molecule has 0 radical (unpaired) electrons. The molecular formula is C26H26F3NO4. The third kappa shape index (κ3) is 6.27.